The Labute approximate surface area is 127 Å². The zero-order valence-electron chi connectivity index (χ0n) is 13.5. The van der Waals surface area contributed by atoms with Crippen molar-refractivity contribution >= 4 is 11.8 Å². The molecule has 2 fully saturated rings. The van der Waals surface area contributed by atoms with Gasteiger partial charge < -0.3 is 10.6 Å². The molecule has 21 heavy (non-hydrogen) atoms. The molecule has 0 unspecified atom stereocenters. The molecule has 2 aliphatic rings. The zero-order valence-corrected chi connectivity index (χ0v) is 13.5. The van der Waals surface area contributed by atoms with Gasteiger partial charge in [-0.2, -0.15) is 0 Å². The molecule has 2 N–H and O–H groups in total. The summed E-state index contributed by atoms with van der Waals surface area (Å²) < 4.78 is 0. The fraction of sp³-hybridized carbons (Fsp3) is 0.875. The molecule has 5 heteroatoms. The molecule has 120 valence electrons. The molecule has 2 aliphatic carbocycles. The summed E-state index contributed by atoms with van der Waals surface area (Å²) in [7, 11) is 1.83. The first-order valence-corrected chi connectivity index (χ1v) is 8.27. The fourth-order valence-electron chi connectivity index (χ4n) is 2.90. The molecule has 0 radical (unpaired) electrons. The molecule has 2 amide bonds. The highest BCUT2D eigenvalue weighted by Crippen LogP contribution is 2.23. The number of nitrogens with one attached hydrogen (secondary N) is 2. The minimum atomic E-state index is -0.274. The Kier molecular flexibility index (Phi) is 5.62. The predicted octanol–water partition coefficient (Wildman–Crippen LogP) is 1.28. The van der Waals surface area contributed by atoms with Gasteiger partial charge in [0.25, 0.3) is 0 Å². The van der Waals surface area contributed by atoms with Gasteiger partial charge >= 0.3 is 0 Å². The highest BCUT2D eigenvalue weighted by atomic mass is 16.2. The number of likely N-dealkylation sites (N-methyl/N-ethyl adjacent to an activating group) is 1. The monoisotopic (exact) mass is 295 g/mol. The first-order valence-electron chi connectivity index (χ1n) is 8.27. The largest absolute Gasteiger partial charge is 0.352 e. The Balaban J connectivity index is 1.75. The van der Waals surface area contributed by atoms with Gasteiger partial charge in [-0.3, -0.25) is 14.5 Å². The Hall–Kier alpha value is -1.10. The molecule has 0 heterocycles. The average molecular weight is 295 g/mol. The minimum Gasteiger partial charge on any atom is -0.352 e. The summed E-state index contributed by atoms with van der Waals surface area (Å²) >= 11 is 0. The zero-order chi connectivity index (χ0) is 15.4. The van der Waals surface area contributed by atoms with Gasteiger partial charge in [0, 0.05) is 12.1 Å². The molecular formula is C16H29N3O2. The summed E-state index contributed by atoms with van der Waals surface area (Å²) in [6.45, 7) is 4.36. The molecule has 0 aromatic carbocycles. The van der Waals surface area contributed by atoms with Crippen molar-refractivity contribution in [2.75, 3.05) is 13.6 Å². The van der Waals surface area contributed by atoms with Crippen LogP contribution < -0.4 is 10.6 Å². The number of carbonyl (C=O) groups excluding carboxylic acids is 2. The van der Waals surface area contributed by atoms with Crippen molar-refractivity contribution < 1.29 is 9.59 Å². The maximum absolute atomic E-state index is 12.3. The van der Waals surface area contributed by atoms with Gasteiger partial charge in [-0.25, -0.2) is 0 Å². The van der Waals surface area contributed by atoms with E-state index in [1.807, 2.05) is 18.9 Å². The summed E-state index contributed by atoms with van der Waals surface area (Å²) in [6.07, 6.45) is 6.91. The van der Waals surface area contributed by atoms with Crippen molar-refractivity contribution in [3.05, 3.63) is 0 Å². The number of amides is 2. The first-order chi connectivity index (χ1) is 9.97. The van der Waals surface area contributed by atoms with Crippen molar-refractivity contribution in [3.8, 4) is 0 Å². The molecule has 2 saturated carbocycles. The lowest BCUT2D eigenvalue weighted by atomic mass is 9.86. The summed E-state index contributed by atoms with van der Waals surface area (Å²) in [5.41, 5.74) is 0. The molecular weight excluding hydrogens is 266 g/mol. The van der Waals surface area contributed by atoms with E-state index in [2.05, 4.69) is 17.6 Å². The summed E-state index contributed by atoms with van der Waals surface area (Å²) in [5, 5.41) is 6.12. The molecule has 0 aliphatic heterocycles. The van der Waals surface area contributed by atoms with E-state index in [1.165, 1.54) is 19.3 Å². The number of hydrogen-bond acceptors (Lipinski definition) is 3. The number of nitrogens with zero attached hydrogens (tertiary/aromatic N) is 1. The second-order valence-corrected chi connectivity index (χ2v) is 6.81. The van der Waals surface area contributed by atoms with Crippen LogP contribution in [0.3, 0.4) is 0 Å². The van der Waals surface area contributed by atoms with Crippen molar-refractivity contribution in [3.63, 3.8) is 0 Å². The summed E-state index contributed by atoms with van der Waals surface area (Å²) in [6, 6.07) is 0.393. The van der Waals surface area contributed by atoms with Crippen LogP contribution in [0.15, 0.2) is 0 Å². The molecule has 0 bridgehead atoms. The van der Waals surface area contributed by atoms with E-state index in [0.717, 1.165) is 19.3 Å². The van der Waals surface area contributed by atoms with Crippen LogP contribution in [0.1, 0.15) is 52.4 Å². The Morgan fingerprint density at radius 2 is 1.81 bits per heavy atom. The molecule has 0 spiro atoms. The molecule has 3 atom stereocenters. The van der Waals surface area contributed by atoms with Crippen molar-refractivity contribution in [1.29, 1.82) is 0 Å². The maximum atomic E-state index is 12.3. The van der Waals surface area contributed by atoms with Crippen molar-refractivity contribution in [2.24, 2.45) is 5.92 Å². The number of hydrogen-bond donors (Lipinski definition) is 2. The highest BCUT2D eigenvalue weighted by molar-refractivity contribution is 5.83. The van der Waals surface area contributed by atoms with Gasteiger partial charge in [0.15, 0.2) is 0 Å². The lowest BCUT2D eigenvalue weighted by Crippen LogP contribution is -2.51. The topological polar surface area (TPSA) is 61.4 Å². The summed E-state index contributed by atoms with van der Waals surface area (Å²) in [4.78, 5) is 25.9. The quantitative estimate of drug-likeness (QED) is 0.776. The van der Waals surface area contributed by atoms with Crippen LogP contribution in [-0.4, -0.2) is 48.4 Å². The van der Waals surface area contributed by atoms with E-state index >= 15 is 0 Å². The second kappa shape index (κ2) is 7.25. The second-order valence-electron chi connectivity index (χ2n) is 6.81. The minimum absolute atomic E-state index is 0.0192. The van der Waals surface area contributed by atoms with Crippen LogP contribution in [0.5, 0.6) is 0 Å². The van der Waals surface area contributed by atoms with Gasteiger partial charge in [-0.15, -0.1) is 0 Å². The lowest BCUT2D eigenvalue weighted by molar-refractivity contribution is -0.128. The predicted molar refractivity (Wildman–Crippen MR) is 82.8 cm³/mol. The Morgan fingerprint density at radius 3 is 2.43 bits per heavy atom. The van der Waals surface area contributed by atoms with Gasteiger partial charge in [0.1, 0.15) is 0 Å². The molecule has 2 rings (SSSR count). The summed E-state index contributed by atoms with van der Waals surface area (Å²) in [5.74, 6) is 0.611. The number of rotatable bonds is 6. The van der Waals surface area contributed by atoms with Gasteiger partial charge in [-0.1, -0.05) is 19.8 Å². The standard InChI is InChI=1S/C16H29N3O2/c1-11-6-4-5-7-14(11)18-16(21)12(2)19(3)10-15(20)17-13-8-9-13/h11-14H,4-10H2,1-3H3,(H,17,20)(H,18,21)/t11-,12+,14+/m0/s1. The normalized spacial score (nSPS) is 27.2. The molecule has 0 aromatic heterocycles. The van der Waals surface area contributed by atoms with Gasteiger partial charge in [0.05, 0.1) is 12.6 Å². The van der Waals surface area contributed by atoms with Gasteiger partial charge in [-0.05, 0) is 45.6 Å². The van der Waals surface area contributed by atoms with Crippen molar-refractivity contribution in [2.45, 2.75) is 70.5 Å². The van der Waals surface area contributed by atoms with Crippen LogP contribution in [0.2, 0.25) is 0 Å². The third kappa shape index (κ3) is 4.99. The third-order valence-corrected chi connectivity index (χ3v) is 4.82. The van der Waals surface area contributed by atoms with Crippen LogP contribution in [0.4, 0.5) is 0 Å². The number of carbonyl (C=O) groups is 2. The Morgan fingerprint density at radius 1 is 1.14 bits per heavy atom. The fourth-order valence-corrected chi connectivity index (χ4v) is 2.90. The Bertz CT molecular complexity index is 382. The molecule has 0 saturated heterocycles. The van der Waals surface area contributed by atoms with E-state index in [-0.39, 0.29) is 24.4 Å². The smallest absolute Gasteiger partial charge is 0.237 e. The van der Waals surface area contributed by atoms with E-state index in [9.17, 15) is 9.59 Å². The van der Waals surface area contributed by atoms with Crippen LogP contribution in [-0.2, 0) is 9.59 Å². The highest BCUT2D eigenvalue weighted by Gasteiger charge is 2.28. The molecule has 5 nitrogen and oxygen atoms in total. The SMILES string of the molecule is C[C@H](C(=O)N[C@@H]1CCCC[C@@H]1C)N(C)CC(=O)NC1CC1. The third-order valence-electron chi connectivity index (χ3n) is 4.82. The van der Waals surface area contributed by atoms with Crippen LogP contribution >= 0.6 is 0 Å². The van der Waals surface area contributed by atoms with E-state index in [0.29, 0.717) is 18.0 Å². The van der Waals surface area contributed by atoms with E-state index in [1.54, 1.807) is 0 Å². The van der Waals surface area contributed by atoms with Crippen LogP contribution in [0.25, 0.3) is 0 Å². The molecule has 0 aromatic rings. The van der Waals surface area contributed by atoms with Crippen molar-refractivity contribution in [1.82, 2.24) is 15.5 Å². The average Bonchev–Trinajstić information content (AvgIpc) is 3.24. The lowest BCUT2D eigenvalue weighted by Gasteiger charge is -2.32. The van der Waals surface area contributed by atoms with Crippen LogP contribution in [0, 0.1) is 5.92 Å². The maximum Gasteiger partial charge on any atom is 0.237 e. The first kappa shape index (κ1) is 16.3. The van der Waals surface area contributed by atoms with E-state index in [4.69, 9.17) is 0 Å². The van der Waals surface area contributed by atoms with E-state index < -0.39 is 0 Å². The van der Waals surface area contributed by atoms with Gasteiger partial charge in [0.2, 0.25) is 11.8 Å².